The molecule has 0 aliphatic heterocycles. The molecule has 3 nitrogen and oxygen atoms in total. The molecule has 19 heavy (non-hydrogen) atoms. The molecule has 0 aliphatic carbocycles. The number of halogens is 1. The third-order valence-electron chi connectivity index (χ3n) is 3.32. The summed E-state index contributed by atoms with van der Waals surface area (Å²) in [5.74, 6) is -0.0742. The van der Waals surface area contributed by atoms with Gasteiger partial charge in [0.1, 0.15) is 0 Å². The topological polar surface area (TPSA) is 42.0 Å². The standard InChI is InChI=1S/C15H17BrN2O/c1-10(16)15(2,3)18-14(19)12-6-4-8-13-11(12)7-5-9-17-13/h4-10H,1-3H3,(H,18,19). The van der Waals surface area contributed by atoms with Gasteiger partial charge in [0.2, 0.25) is 0 Å². The van der Waals surface area contributed by atoms with Crippen LogP contribution >= 0.6 is 15.9 Å². The van der Waals surface area contributed by atoms with E-state index in [2.05, 4.69) is 26.2 Å². The van der Waals surface area contributed by atoms with Crippen molar-refractivity contribution in [2.75, 3.05) is 0 Å². The van der Waals surface area contributed by atoms with Crippen molar-refractivity contribution >= 4 is 32.7 Å². The van der Waals surface area contributed by atoms with Crippen molar-refractivity contribution in [1.29, 1.82) is 0 Å². The highest BCUT2D eigenvalue weighted by molar-refractivity contribution is 9.09. The molecule has 4 heteroatoms. The van der Waals surface area contributed by atoms with Gasteiger partial charge >= 0.3 is 0 Å². The first-order valence-corrected chi connectivity index (χ1v) is 7.14. The van der Waals surface area contributed by atoms with Crippen LogP contribution in [0.2, 0.25) is 0 Å². The van der Waals surface area contributed by atoms with E-state index >= 15 is 0 Å². The molecule has 0 aliphatic rings. The average Bonchev–Trinajstić information content (AvgIpc) is 2.37. The number of carbonyl (C=O) groups is 1. The van der Waals surface area contributed by atoms with E-state index in [1.54, 1.807) is 6.20 Å². The van der Waals surface area contributed by atoms with E-state index in [-0.39, 0.29) is 16.3 Å². The van der Waals surface area contributed by atoms with Crippen molar-refractivity contribution in [3.63, 3.8) is 0 Å². The Morgan fingerprint density at radius 3 is 2.74 bits per heavy atom. The van der Waals surface area contributed by atoms with Crippen molar-refractivity contribution < 1.29 is 4.79 Å². The molecule has 2 aromatic rings. The lowest BCUT2D eigenvalue weighted by Gasteiger charge is -2.29. The quantitative estimate of drug-likeness (QED) is 0.879. The average molecular weight is 321 g/mol. The molecular formula is C15H17BrN2O. The third kappa shape index (κ3) is 2.95. The molecule has 100 valence electrons. The number of hydrogen-bond donors (Lipinski definition) is 1. The largest absolute Gasteiger partial charge is 0.346 e. The van der Waals surface area contributed by atoms with Crippen LogP contribution in [-0.4, -0.2) is 21.3 Å². The lowest BCUT2D eigenvalue weighted by molar-refractivity contribution is 0.0915. The van der Waals surface area contributed by atoms with Gasteiger partial charge in [-0.15, -0.1) is 0 Å². The molecule has 0 fully saturated rings. The van der Waals surface area contributed by atoms with Crippen molar-refractivity contribution in [2.24, 2.45) is 0 Å². The lowest BCUT2D eigenvalue weighted by atomic mass is 10.00. The predicted octanol–water partition coefficient (Wildman–Crippen LogP) is 3.53. The molecule has 0 radical (unpaired) electrons. The Hall–Kier alpha value is -1.42. The molecular weight excluding hydrogens is 304 g/mol. The van der Waals surface area contributed by atoms with Gasteiger partial charge in [-0.3, -0.25) is 9.78 Å². The number of amides is 1. The van der Waals surface area contributed by atoms with Gasteiger partial charge in [0.05, 0.1) is 5.52 Å². The van der Waals surface area contributed by atoms with Gasteiger partial charge in [-0.1, -0.05) is 35.0 Å². The number of hydrogen-bond acceptors (Lipinski definition) is 2. The molecule has 0 saturated heterocycles. The third-order valence-corrected chi connectivity index (χ3v) is 4.47. The number of carbonyl (C=O) groups excluding carboxylic acids is 1. The van der Waals surface area contributed by atoms with Gasteiger partial charge in [-0.05, 0) is 32.0 Å². The Kier molecular flexibility index (Phi) is 3.90. The van der Waals surface area contributed by atoms with Gasteiger partial charge < -0.3 is 5.32 Å². The summed E-state index contributed by atoms with van der Waals surface area (Å²) in [6.07, 6.45) is 1.73. The second-order valence-electron chi connectivity index (χ2n) is 5.17. The number of nitrogens with zero attached hydrogens (tertiary/aromatic N) is 1. The Balaban J connectivity index is 2.37. The summed E-state index contributed by atoms with van der Waals surface area (Å²) in [6.45, 7) is 6.01. The molecule has 0 spiro atoms. The monoisotopic (exact) mass is 320 g/mol. The molecule has 1 heterocycles. The Bertz CT molecular complexity index is 603. The summed E-state index contributed by atoms with van der Waals surface area (Å²) in [5.41, 5.74) is 1.17. The van der Waals surface area contributed by atoms with Crippen LogP contribution in [0.5, 0.6) is 0 Å². The van der Waals surface area contributed by atoms with Crippen molar-refractivity contribution in [3.8, 4) is 0 Å². The summed E-state index contributed by atoms with van der Waals surface area (Å²) >= 11 is 3.52. The normalized spacial score (nSPS) is 13.3. The SMILES string of the molecule is CC(Br)C(C)(C)NC(=O)c1cccc2ncccc12. The molecule has 1 N–H and O–H groups in total. The molecule has 0 saturated carbocycles. The van der Waals surface area contributed by atoms with Crippen LogP contribution in [0.15, 0.2) is 36.5 Å². The molecule has 0 bridgehead atoms. The number of fused-ring (bicyclic) bond motifs is 1. The number of aromatic nitrogens is 1. The van der Waals surface area contributed by atoms with Crippen molar-refractivity contribution in [2.45, 2.75) is 31.1 Å². The number of pyridine rings is 1. The number of alkyl halides is 1. The van der Waals surface area contributed by atoms with Crippen LogP contribution in [0.3, 0.4) is 0 Å². The Morgan fingerprint density at radius 1 is 1.32 bits per heavy atom. The lowest BCUT2D eigenvalue weighted by Crippen LogP contribution is -2.48. The fourth-order valence-corrected chi connectivity index (χ4v) is 1.88. The van der Waals surface area contributed by atoms with Gasteiger partial charge in [-0.2, -0.15) is 0 Å². The number of nitrogens with one attached hydrogen (secondary N) is 1. The van der Waals surface area contributed by atoms with Gasteiger partial charge in [-0.25, -0.2) is 0 Å². The summed E-state index contributed by atoms with van der Waals surface area (Å²) in [5, 5.41) is 3.93. The summed E-state index contributed by atoms with van der Waals surface area (Å²) in [7, 11) is 0. The van der Waals surface area contributed by atoms with E-state index in [4.69, 9.17) is 0 Å². The van der Waals surface area contributed by atoms with E-state index in [0.29, 0.717) is 5.56 Å². The summed E-state index contributed by atoms with van der Waals surface area (Å²) < 4.78 is 0. The van der Waals surface area contributed by atoms with Crippen LogP contribution in [0.25, 0.3) is 10.9 Å². The first kappa shape index (κ1) is 14.0. The second kappa shape index (κ2) is 5.29. The van der Waals surface area contributed by atoms with Crippen molar-refractivity contribution in [3.05, 3.63) is 42.1 Å². The molecule has 1 atom stereocenters. The van der Waals surface area contributed by atoms with E-state index in [0.717, 1.165) is 10.9 Å². The van der Waals surface area contributed by atoms with Crippen LogP contribution < -0.4 is 5.32 Å². The van der Waals surface area contributed by atoms with Crippen molar-refractivity contribution in [1.82, 2.24) is 10.3 Å². The zero-order valence-electron chi connectivity index (χ0n) is 11.3. The maximum atomic E-state index is 12.4. The first-order chi connectivity index (χ1) is 8.92. The summed E-state index contributed by atoms with van der Waals surface area (Å²) in [6, 6.07) is 9.35. The van der Waals surface area contributed by atoms with Crippen LogP contribution in [-0.2, 0) is 0 Å². The summed E-state index contributed by atoms with van der Waals surface area (Å²) in [4.78, 5) is 16.9. The smallest absolute Gasteiger partial charge is 0.252 e. The van der Waals surface area contributed by atoms with Gasteiger partial charge in [0, 0.05) is 27.5 Å². The second-order valence-corrected chi connectivity index (χ2v) is 6.54. The molecule has 2 rings (SSSR count). The van der Waals surface area contributed by atoms with E-state index < -0.39 is 0 Å². The highest BCUT2D eigenvalue weighted by atomic mass is 79.9. The Morgan fingerprint density at radius 2 is 2.05 bits per heavy atom. The highest BCUT2D eigenvalue weighted by Gasteiger charge is 2.26. The minimum atomic E-state index is -0.318. The van der Waals surface area contributed by atoms with Crippen LogP contribution in [0.1, 0.15) is 31.1 Å². The van der Waals surface area contributed by atoms with E-state index in [1.807, 2.05) is 51.1 Å². The Labute approximate surface area is 121 Å². The fraction of sp³-hybridized carbons (Fsp3) is 0.333. The number of rotatable bonds is 3. The maximum absolute atomic E-state index is 12.4. The zero-order valence-corrected chi connectivity index (χ0v) is 12.9. The minimum absolute atomic E-state index is 0.0742. The highest BCUT2D eigenvalue weighted by Crippen LogP contribution is 2.20. The molecule has 1 aromatic heterocycles. The van der Waals surface area contributed by atoms with E-state index in [1.165, 1.54) is 0 Å². The van der Waals surface area contributed by atoms with Crippen LogP contribution in [0.4, 0.5) is 0 Å². The minimum Gasteiger partial charge on any atom is -0.346 e. The zero-order chi connectivity index (χ0) is 14.0. The van der Waals surface area contributed by atoms with Crippen LogP contribution in [0, 0.1) is 0 Å². The maximum Gasteiger partial charge on any atom is 0.252 e. The number of benzene rings is 1. The molecule has 1 aromatic carbocycles. The van der Waals surface area contributed by atoms with Gasteiger partial charge in [0.25, 0.3) is 5.91 Å². The first-order valence-electron chi connectivity index (χ1n) is 6.22. The predicted molar refractivity (Wildman–Crippen MR) is 81.7 cm³/mol. The van der Waals surface area contributed by atoms with E-state index in [9.17, 15) is 4.79 Å². The molecule has 1 amide bonds. The van der Waals surface area contributed by atoms with Gasteiger partial charge in [0.15, 0.2) is 0 Å². The molecule has 1 unspecified atom stereocenters. The fourth-order valence-electron chi connectivity index (χ4n) is 1.76.